The second kappa shape index (κ2) is 6.32. The van der Waals surface area contributed by atoms with E-state index in [1.165, 1.54) is 12.4 Å². The summed E-state index contributed by atoms with van der Waals surface area (Å²) in [5, 5.41) is 6.26. The van der Waals surface area contributed by atoms with E-state index in [2.05, 4.69) is 27.5 Å². The van der Waals surface area contributed by atoms with Crippen molar-refractivity contribution in [3.63, 3.8) is 0 Å². The van der Waals surface area contributed by atoms with Gasteiger partial charge in [0.2, 0.25) is 0 Å². The van der Waals surface area contributed by atoms with E-state index in [1.54, 1.807) is 12.1 Å². The van der Waals surface area contributed by atoms with Crippen LogP contribution in [-0.4, -0.2) is 16.5 Å². The van der Waals surface area contributed by atoms with Crippen LogP contribution in [0.5, 0.6) is 0 Å². The first-order valence-electron chi connectivity index (χ1n) is 6.70. The maximum Gasteiger partial charge on any atom is 0.146 e. The summed E-state index contributed by atoms with van der Waals surface area (Å²) in [4.78, 5) is 8.39. The van der Waals surface area contributed by atoms with Gasteiger partial charge in [0.05, 0.1) is 5.69 Å². The number of hydrogen-bond donors (Lipinski definition) is 2. The van der Waals surface area contributed by atoms with E-state index in [0.29, 0.717) is 11.5 Å². The largest absolute Gasteiger partial charge is 0.370 e. The number of aromatic nitrogens is 2. The van der Waals surface area contributed by atoms with Gasteiger partial charge in [0.25, 0.3) is 0 Å². The van der Waals surface area contributed by atoms with Crippen molar-refractivity contribution in [3.05, 3.63) is 41.5 Å². The maximum atomic E-state index is 13.8. The van der Waals surface area contributed by atoms with E-state index in [4.69, 9.17) is 0 Å². The first kappa shape index (κ1) is 14.2. The highest BCUT2D eigenvalue weighted by Crippen LogP contribution is 2.24. The van der Waals surface area contributed by atoms with Crippen molar-refractivity contribution in [2.45, 2.75) is 27.2 Å². The number of rotatable bonds is 5. The van der Waals surface area contributed by atoms with Gasteiger partial charge in [-0.25, -0.2) is 14.4 Å². The van der Waals surface area contributed by atoms with Crippen LogP contribution in [0.4, 0.5) is 21.7 Å². The van der Waals surface area contributed by atoms with E-state index in [1.807, 2.05) is 13.8 Å². The normalized spacial score (nSPS) is 10.4. The van der Waals surface area contributed by atoms with Crippen molar-refractivity contribution in [1.82, 2.24) is 9.97 Å². The highest BCUT2D eigenvalue weighted by molar-refractivity contribution is 5.65. The Labute approximate surface area is 118 Å². The fourth-order valence-corrected chi connectivity index (χ4v) is 1.86. The van der Waals surface area contributed by atoms with Crippen LogP contribution in [0.3, 0.4) is 0 Å². The van der Waals surface area contributed by atoms with Gasteiger partial charge in [0.15, 0.2) is 0 Å². The van der Waals surface area contributed by atoms with Gasteiger partial charge in [-0.3, -0.25) is 0 Å². The van der Waals surface area contributed by atoms with Crippen molar-refractivity contribution in [2.75, 3.05) is 17.2 Å². The summed E-state index contributed by atoms with van der Waals surface area (Å²) < 4.78 is 13.8. The molecule has 2 rings (SSSR count). The molecule has 0 saturated carbocycles. The first-order chi connectivity index (χ1) is 9.61. The molecule has 4 nitrogen and oxygen atoms in total. The first-order valence-corrected chi connectivity index (χ1v) is 6.70. The Balaban J connectivity index is 2.27. The van der Waals surface area contributed by atoms with Crippen LogP contribution in [0.25, 0.3) is 0 Å². The molecule has 0 radical (unpaired) electrons. The smallest absolute Gasteiger partial charge is 0.146 e. The molecule has 2 aromatic rings. The fraction of sp³-hybridized carbons (Fsp3) is 0.333. The summed E-state index contributed by atoms with van der Waals surface area (Å²) in [6.45, 7) is 6.76. The number of benzene rings is 1. The molecule has 0 bridgehead atoms. The Morgan fingerprint density at radius 2 is 1.90 bits per heavy atom. The molecule has 0 spiro atoms. The predicted molar refractivity (Wildman–Crippen MR) is 80.0 cm³/mol. The van der Waals surface area contributed by atoms with E-state index in [0.717, 1.165) is 29.9 Å². The quantitative estimate of drug-likeness (QED) is 0.870. The zero-order valence-electron chi connectivity index (χ0n) is 12.0. The van der Waals surface area contributed by atoms with Gasteiger partial charge in [-0.15, -0.1) is 0 Å². The van der Waals surface area contributed by atoms with Crippen molar-refractivity contribution < 1.29 is 4.39 Å². The molecule has 2 N–H and O–H groups in total. The van der Waals surface area contributed by atoms with Crippen LogP contribution in [0, 0.1) is 19.7 Å². The van der Waals surface area contributed by atoms with Gasteiger partial charge in [0.1, 0.15) is 23.8 Å². The molecule has 1 aromatic heterocycles. The molecule has 20 heavy (non-hydrogen) atoms. The molecule has 0 aliphatic heterocycles. The second-order valence-corrected chi connectivity index (χ2v) is 4.73. The molecular weight excluding hydrogens is 255 g/mol. The van der Waals surface area contributed by atoms with Crippen molar-refractivity contribution in [1.29, 1.82) is 0 Å². The number of aryl methyl sites for hydroxylation is 1. The summed E-state index contributed by atoms with van der Waals surface area (Å²) in [5.41, 5.74) is 2.29. The average Bonchev–Trinajstić information content (AvgIpc) is 2.44. The van der Waals surface area contributed by atoms with Gasteiger partial charge in [0, 0.05) is 12.1 Å². The lowest BCUT2D eigenvalue weighted by Crippen LogP contribution is -2.07. The number of nitrogens with zero attached hydrogens (tertiary/aromatic N) is 2. The Kier molecular flexibility index (Phi) is 4.50. The van der Waals surface area contributed by atoms with E-state index in [-0.39, 0.29) is 5.82 Å². The molecular formula is C15H19FN4. The van der Waals surface area contributed by atoms with Crippen LogP contribution in [0.2, 0.25) is 0 Å². The Bertz CT molecular complexity index is 598. The van der Waals surface area contributed by atoms with Gasteiger partial charge in [-0.05, 0) is 38.0 Å². The Morgan fingerprint density at radius 3 is 2.65 bits per heavy atom. The Hall–Kier alpha value is -2.17. The van der Waals surface area contributed by atoms with Crippen LogP contribution >= 0.6 is 0 Å². The van der Waals surface area contributed by atoms with Crippen LogP contribution < -0.4 is 10.6 Å². The van der Waals surface area contributed by atoms with Crippen molar-refractivity contribution in [3.8, 4) is 0 Å². The van der Waals surface area contributed by atoms with Gasteiger partial charge < -0.3 is 10.6 Å². The zero-order chi connectivity index (χ0) is 14.5. The lowest BCUT2D eigenvalue weighted by molar-refractivity contribution is 0.631. The van der Waals surface area contributed by atoms with Crippen LogP contribution in [-0.2, 0) is 0 Å². The zero-order valence-corrected chi connectivity index (χ0v) is 12.0. The molecule has 106 valence electrons. The SMILES string of the molecule is CCCNc1ncnc(Nc2cc(C)ccc2F)c1C. The number of hydrogen-bond acceptors (Lipinski definition) is 4. The van der Waals surface area contributed by atoms with Crippen LogP contribution in [0.15, 0.2) is 24.5 Å². The molecule has 0 fully saturated rings. The third-order valence-corrected chi connectivity index (χ3v) is 3.00. The summed E-state index contributed by atoms with van der Waals surface area (Å²) >= 11 is 0. The molecule has 0 atom stereocenters. The lowest BCUT2D eigenvalue weighted by Gasteiger charge is -2.13. The Morgan fingerprint density at radius 1 is 1.15 bits per heavy atom. The third-order valence-electron chi connectivity index (χ3n) is 3.00. The van der Waals surface area contributed by atoms with Crippen LogP contribution in [0.1, 0.15) is 24.5 Å². The molecule has 1 aromatic carbocycles. The molecule has 1 heterocycles. The van der Waals surface area contributed by atoms with E-state index >= 15 is 0 Å². The average molecular weight is 274 g/mol. The van der Waals surface area contributed by atoms with E-state index < -0.39 is 0 Å². The number of nitrogens with one attached hydrogen (secondary N) is 2. The molecule has 0 unspecified atom stereocenters. The second-order valence-electron chi connectivity index (χ2n) is 4.73. The molecule has 0 aliphatic rings. The summed E-state index contributed by atoms with van der Waals surface area (Å²) in [5.74, 6) is 1.09. The monoisotopic (exact) mass is 274 g/mol. The number of halogens is 1. The van der Waals surface area contributed by atoms with Gasteiger partial charge >= 0.3 is 0 Å². The minimum atomic E-state index is -0.295. The lowest BCUT2D eigenvalue weighted by atomic mass is 10.2. The number of anilines is 3. The maximum absolute atomic E-state index is 13.8. The van der Waals surface area contributed by atoms with Crippen molar-refractivity contribution >= 4 is 17.3 Å². The summed E-state index contributed by atoms with van der Waals surface area (Å²) in [7, 11) is 0. The standard InChI is InChI=1S/C15H19FN4/c1-4-7-17-14-11(3)15(19-9-18-14)20-13-8-10(2)5-6-12(13)16/h5-6,8-9H,4,7H2,1-3H3,(H2,17,18,19,20). The highest BCUT2D eigenvalue weighted by atomic mass is 19.1. The molecule has 5 heteroatoms. The molecule has 0 amide bonds. The van der Waals surface area contributed by atoms with Gasteiger partial charge in [-0.2, -0.15) is 0 Å². The molecule has 0 saturated heterocycles. The highest BCUT2D eigenvalue weighted by Gasteiger charge is 2.09. The molecule has 0 aliphatic carbocycles. The minimum Gasteiger partial charge on any atom is -0.370 e. The summed E-state index contributed by atoms with van der Waals surface area (Å²) in [6, 6.07) is 4.95. The van der Waals surface area contributed by atoms with E-state index in [9.17, 15) is 4.39 Å². The third kappa shape index (κ3) is 3.23. The van der Waals surface area contributed by atoms with Gasteiger partial charge in [-0.1, -0.05) is 13.0 Å². The minimum absolute atomic E-state index is 0.295. The predicted octanol–water partition coefficient (Wildman–Crippen LogP) is 3.80. The topological polar surface area (TPSA) is 49.8 Å². The summed E-state index contributed by atoms with van der Waals surface area (Å²) in [6.07, 6.45) is 2.49. The fourth-order valence-electron chi connectivity index (χ4n) is 1.86. The van der Waals surface area contributed by atoms with Crippen molar-refractivity contribution in [2.24, 2.45) is 0 Å².